The zero-order valence-corrected chi connectivity index (χ0v) is 19.7. The molecule has 2 aromatic rings. The summed E-state index contributed by atoms with van der Waals surface area (Å²) in [6.45, 7) is 8.64. The number of carbonyl (C=O) groups excluding carboxylic acids is 3. The molecule has 0 bridgehead atoms. The molecular weight excluding hydrogens is 433 g/mol. The minimum absolute atomic E-state index is 0.0706. The quantitative estimate of drug-likeness (QED) is 0.442. The van der Waals surface area contributed by atoms with Crippen molar-refractivity contribution >= 4 is 35.3 Å². The number of halogens is 1. The first kappa shape index (κ1) is 25.4. The number of thioether (sulfide) groups is 1. The van der Waals surface area contributed by atoms with Gasteiger partial charge in [-0.15, -0.1) is 11.8 Å². The Hall–Kier alpha value is -2.87. The van der Waals surface area contributed by atoms with Gasteiger partial charge >= 0.3 is 11.9 Å². The van der Waals surface area contributed by atoms with Crippen molar-refractivity contribution in [3.8, 4) is 0 Å². The number of hydrogen-bond donors (Lipinski definition) is 0. The number of ether oxygens (including phenoxy) is 2. The van der Waals surface area contributed by atoms with Crippen LogP contribution in [0.4, 0.5) is 10.1 Å². The summed E-state index contributed by atoms with van der Waals surface area (Å²) < 4.78 is 23.1. The van der Waals surface area contributed by atoms with Crippen LogP contribution in [0.1, 0.15) is 55.9 Å². The molecule has 1 saturated heterocycles. The maximum atomic E-state index is 13.2. The molecule has 6 nitrogen and oxygen atoms in total. The average molecular weight is 462 g/mol. The molecule has 3 rings (SSSR count). The third kappa shape index (κ3) is 6.32. The van der Waals surface area contributed by atoms with Crippen molar-refractivity contribution in [2.24, 2.45) is 5.41 Å². The summed E-state index contributed by atoms with van der Waals surface area (Å²) in [5.74, 6) is -1.21. The molecule has 1 unspecified atom stereocenters. The van der Waals surface area contributed by atoms with Gasteiger partial charge in [-0.05, 0) is 62.7 Å². The number of nitrogens with zero attached hydrogens (tertiary/aromatic N) is 1. The Morgan fingerprint density at radius 2 is 1.62 bits per heavy atom. The molecule has 0 aliphatic carbocycles. The summed E-state index contributed by atoms with van der Waals surface area (Å²) in [5.41, 5.74) is 1.02. The maximum absolute atomic E-state index is 13.2. The van der Waals surface area contributed by atoms with E-state index in [-0.39, 0.29) is 22.7 Å². The highest BCUT2D eigenvalue weighted by Gasteiger charge is 2.34. The van der Waals surface area contributed by atoms with Crippen LogP contribution in [-0.4, -0.2) is 30.4 Å². The van der Waals surface area contributed by atoms with E-state index in [4.69, 9.17) is 9.47 Å². The van der Waals surface area contributed by atoms with E-state index < -0.39 is 24.1 Å². The Balaban J connectivity index is 0.00000176. The van der Waals surface area contributed by atoms with E-state index in [1.165, 1.54) is 23.9 Å². The fourth-order valence-corrected chi connectivity index (χ4v) is 3.95. The van der Waals surface area contributed by atoms with Crippen LogP contribution < -0.4 is 4.90 Å². The summed E-state index contributed by atoms with van der Waals surface area (Å²) in [6, 6.07) is 12.4. The molecule has 0 spiro atoms. The Morgan fingerprint density at radius 1 is 1.03 bits per heavy atom. The second-order valence-corrected chi connectivity index (χ2v) is 8.83. The zero-order valence-electron chi connectivity index (χ0n) is 18.9. The predicted octanol–water partition coefficient (Wildman–Crippen LogP) is 5.33. The van der Waals surface area contributed by atoms with Gasteiger partial charge in [0.05, 0.1) is 16.7 Å². The van der Waals surface area contributed by atoms with E-state index in [1.54, 1.807) is 62.1 Å². The van der Waals surface area contributed by atoms with Crippen molar-refractivity contribution < 1.29 is 28.2 Å². The fourth-order valence-electron chi connectivity index (χ4n) is 2.77. The van der Waals surface area contributed by atoms with Gasteiger partial charge in [-0.1, -0.05) is 26.0 Å². The molecule has 1 fully saturated rings. The lowest BCUT2D eigenvalue weighted by Crippen LogP contribution is -2.27. The molecule has 1 amide bonds. The monoisotopic (exact) mass is 461 g/mol. The smallest absolute Gasteiger partial charge is 0.341 e. The summed E-state index contributed by atoms with van der Waals surface area (Å²) in [6.07, 6.45) is 0. The molecule has 8 heteroatoms. The highest BCUT2D eigenvalue weighted by atomic mass is 32.2. The third-order valence-corrected chi connectivity index (χ3v) is 5.61. The van der Waals surface area contributed by atoms with E-state index in [1.807, 2.05) is 13.8 Å². The Labute approximate surface area is 192 Å². The van der Waals surface area contributed by atoms with Crippen molar-refractivity contribution in [1.82, 2.24) is 0 Å². The van der Waals surface area contributed by atoms with Gasteiger partial charge in [-0.25, -0.2) is 9.18 Å². The van der Waals surface area contributed by atoms with Crippen LogP contribution in [-0.2, 0) is 19.1 Å². The van der Waals surface area contributed by atoms with E-state index in [2.05, 4.69) is 0 Å². The number of anilines is 1. The van der Waals surface area contributed by atoms with Crippen LogP contribution in [0.2, 0.25) is 0 Å². The predicted molar refractivity (Wildman–Crippen MR) is 123 cm³/mol. The van der Waals surface area contributed by atoms with Crippen molar-refractivity contribution in [3.63, 3.8) is 0 Å². The first-order valence-electron chi connectivity index (χ1n) is 10.3. The lowest BCUT2D eigenvalue weighted by molar-refractivity contribution is -0.161. The number of rotatable bonds is 5. The molecule has 172 valence electrons. The molecule has 0 N–H and O–H groups in total. The van der Waals surface area contributed by atoms with Gasteiger partial charge in [0, 0.05) is 5.69 Å². The Bertz CT molecular complexity index is 938. The third-order valence-electron chi connectivity index (χ3n) is 4.40. The molecule has 1 aliphatic rings. The van der Waals surface area contributed by atoms with Crippen molar-refractivity contribution in [2.45, 2.75) is 40.0 Å². The molecule has 32 heavy (non-hydrogen) atoms. The van der Waals surface area contributed by atoms with E-state index in [0.717, 1.165) is 5.56 Å². The largest absolute Gasteiger partial charge is 0.427 e. The van der Waals surface area contributed by atoms with Crippen LogP contribution in [0.3, 0.4) is 0 Å². The van der Waals surface area contributed by atoms with Crippen molar-refractivity contribution in [1.29, 1.82) is 0 Å². The summed E-state index contributed by atoms with van der Waals surface area (Å²) in [4.78, 5) is 37.9. The highest BCUT2D eigenvalue weighted by Crippen LogP contribution is 2.41. The molecule has 0 saturated carbocycles. The van der Waals surface area contributed by atoms with Gasteiger partial charge in [0.2, 0.25) is 12.7 Å². The SMILES string of the molecule is CC.CC(C)(C)C(=O)OCOC(=O)c1ccc(N2C(=O)CSC2c2ccc(F)cc2)cc1. The maximum Gasteiger partial charge on any atom is 0.341 e. The lowest BCUT2D eigenvalue weighted by atomic mass is 9.98. The van der Waals surface area contributed by atoms with Gasteiger partial charge in [0.25, 0.3) is 0 Å². The van der Waals surface area contributed by atoms with E-state index in [9.17, 15) is 18.8 Å². The summed E-state index contributed by atoms with van der Waals surface area (Å²) in [7, 11) is 0. The van der Waals surface area contributed by atoms with Crippen LogP contribution in [0, 0.1) is 11.2 Å². The minimum Gasteiger partial charge on any atom is -0.427 e. The number of amides is 1. The molecule has 1 heterocycles. The van der Waals surface area contributed by atoms with Crippen molar-refractivity contribution in [3.05, 3.63) is 65.5 Å². The van der Waals surface area contributed by atoms with Crippen LogP contribution >= 0.6 is 11.8 Å². The topological polar surface area (TPSA) is 72.9 Å². The second kappa shape index (κ2) is 11.1. The molecule has 1 atom stereocenters. The number of carbonyl (C=O) groups is 3. The van der Waals surface area contributed by atoms with Gasteiger partial charge in [-0.3, -0.25) is 14.5 Å². The van der Waals surface area contributed by atoms with Crippen molar-refractivity contribution in [2.75, 3.05) is 17.4 Å². The number of benzene rings is 2. The highest BCUT2D eigenvalue weighted by molar-refractivity contribution is 8.00. The van der Waals surface area contributed by atoms with Gasteiger partial charge in [0.1, 0.15) is 11.2 Å². The van der Waals surface area contributed by atoms with Gasteiger partial charge in [0.15, 0.2) is 0 Å². The Morgan fingerprint density at radius 3 is 2.19 bits per heavy atom. The van der Waals surface area contributed by atoms with Gasteiger partial charge in [-0.2, -0.15) is 0 Å². The number of esters is 2. The van der Waals surface area contributed by atoms with Gasteiger partial charge < -0.3 is 9.47 Å². The standard InChI is InChI=1S/C22H22FNO5S.C2H6/c1-22(2,3)21(27)29-13-28-20(26)15-6-10-17(11-7-15)24-18(25)12-30-19(24)14-4-8-16(23)9-5-14;1-2/h4-11,19H,12-13H2,1-3H3;1-2H3. The lowest BCUT2D eigenvalue weighted by Gasteiger charge is -2.24. The average Bonchev–Trinajstić information content (AvgIpc) is 3.16. The number of hydrogen-bond acceptors (Lipinski definition) is 6. The zero-order chi connectivity index (χ0) is 23.9. The molecule has 0 aromatic heterocycles. The molecule has 2 aromatic carbocycles. The molecular formula is C24H28FNO5S. The molecule has 0 radical (unpaired) electrons. The van der Waals surface area contributed by atoms with E-state index >= 15 is 0 Å². The summed E-state index contributed by atoms with van der Waals surface area (Å²) in [5, 5.41) is -0.271. The molecule has 1 aliphatic heterocycles. The second-order valence-electron chi connectivity index (χ2n) is 7.76. The van der Waals surface area contributed by atoms with E-state index in [0.29, 0.717) is 11.4 Å². The summed E-state index contributed by atoms with van der Waals surface area (Å²) >= 11 is 1.45. The van der Waals surface area contributed by atoms with Crippen LogP contribution in [0.5, 0.6) is 0 Å². The first-order valence-corrected chi connectivity index (χ1v) is 11.4. The van der Waals surface area contributed by atoms with Crippen LogP contribution in [0.25, 0.3) is 0 Å². The minimum atomic E-state index is -0.685. The Kier molecular flexibility index (Phi) is 8.83. The van der Waals surface area contributed by atoms with Crippen LogP contribution in [0.15, 0.2) is 48.5 Å². The normalized spacial score (nSPS) is 15.6. The fraction of sp³-hybridized carbons (Fsp3) is 0.375. The first-order chi connectivity index (χ1) is 15.2.